The molecule has 0 radical (unpaired) electrons. The highest BCUT2D eigenvalue weighted by molar-refractivity contribution is 7.80. The summed E-state index contributed by atoms with van der Waals surface area (Å²) in [7, 11) is 0. The topological polar surface area (TPSA) is 50.8 Å². The van der Waals surface area contributed by atoms with Gasteiger partial charge in [0.05, 0.1) is 18.2 Å². The molecule has 0 aromatic heterocycles. The Bertz CT molecular complexity index is 755. The summed E-state index contributed by atoms with van der Waals surface area (Å²) < 4.78 is 11.0. The van der Waals surface area contributed by atoms with E-state index in [1.165, 1.54) is 0 Å². The Morgan fingerprint density at radius 2 is 2.23 bits per heavy atom. The van der Waals surface area contributed by atoms with Crippen LogP contribution in [-0.2, 0) is 9.53 Å². The number of nitrogens with one attached hydrogen (secondary N) is 1. The molecule has 1 aliphatic carbocycles. The van der Waals surface area contributed by atoms with Gasteiger partial charge in [0.1, 0.15) is 12.4 Å². The van der Waals surface area contributed by atoms with Gasteiger partial charge in [0, 0.05) is 11.7 Å². The van der Waals surface area contributed by atoms with Gasteiger partial charge in [-0.05, 0) is 56.6 Å². The Morgan fingerprint density at radius 3 is 2.88 bits per heavy atom. The van der Waals surface area contributed by atoms with E-state index in [9.17, 15) is 4.79 Å². The van der Waals surface area contributed by atoms with E-state index >= 15 is 0 Å². The van der Waals surface area contributed by atoms with Crippen LogP contribution >= 0.6 is 12.2 Å². The molecule has 1 aromatic rings. The van der Waals surface area contributed by atoms with Crippen molar-refractivity contribution in [3.05, 3.63) is 53.8 Å². The van der Waals surface area contributed by atoms with Gasteiger partial charge in [-0.25, -0.2) is 4.79 Å². The first-order valence-corrected chi connectivity index (χ1v) is 9.29. The number of carbonyl (C=O) groups excluding carboxylic acids is 1. The number of benzene rings is 1. The number of rotatable bonds is 7. The highest BCUT2D eigenvalue weighted by Crippen LogP contribution is 2.38. The van der Waals surface area contributed by atoms with Crippen molar-refractivity contribution in [2.45, 2.75) is 38.8 Å². The summed E-state index contributed by atoms with van der Waals surface area (Å²) in [6.07, 6.45) is 3.87. The number of nitrogens with zero attached hydrogens (tertiary/aromatic N) is 1. The number of carbonyl (C=O) groups is 1. The summed E-state index contributed by atoms with van der Waals surface area (Å²) in [5.74, 6) is 0.411. The van der Waals surface area contributed by atoms with Gasteiger partial charge < -0.3 is 19.7 Å². The molecule has 0 amide bonds. The molecule has 1 atom stereocenters. The van der Waals surface area contributed by atoms with E-state index in [0.717, 1.165) is 29.9 Å². The Hall–Kier alpha value is -2.34. The van der Waals surface area contributed by atoms with Crippen LogP contribution in [0.5, 0.6) is 5.75 Å². The second-order valence-electron chi connectivity index (χ2n) is 6.38. The number of ether oxygens (including phenoxy) is 2. The van der Waals surface area contributed by atoms with Gasteiger partial charge in [-0.3, -0.25) is 0 Å². The van der Waals surface area contributed by atoms with Crippen molar-refractivity contribution >= 4 is 23.3 Å². The first kappa shape index (κ1) is 18.5. The molecule has 2 aliphatic rings. The minimum Gasteiger partial charge on any atom is -0.490 e. The molecule has 0 unspecified atom stereocenters. The fourth-order valence-electron chi connectivity index (χ4n) is 3.19. The molecular weight excluding hydrogens is 348 g/mol. The molecular formula is C20H24N2O3S. The molecule has 1 N–H and O–H groups in total. The minimum absolute atomic E-state index is 0.312. The van der Waals surface area contributed by atoms with E-state index in [1.54, 1.807) is 6.08 Å². The van der Waals surface area contributed by atoms with Crippen LogP contribution in [-0.4, -0.2) is 35.2 Å². The standard InChI is InChI=1S/C20H24N2O3S/c1-4-11-25-16-8-6-7-14(12-16)18-17(19(23)24-5-2)13(3)22(15-9-10-15)20(26)21-18/h4,6-8,12,15,18H,1,5,9-11H2,2-3H3,(H,21,26)/t18-/m1/s1. The van der Waals surface area contributed by atoms with E-state index in [2.05, 4.69) is 16.8 Å². The predicted molar refractivity (Wildman–Crippen MR) is 105 cm³/mol. The third-order valence-corrected chi connectivity index (χ3v) is 4.81. The summed E-state index contributed by atoms with van der Waals surface area (Å²) in [6, 6.07) is 7.69. The first-order chi connectivity index (χ1) is 12.6. The largest absolute Gasteiger partial charge is 0.490 e. The van der Waals surface area contributed by atoms with Crippen molar-refractivity contribution in [1.82, 2.24) is 10.2 Å². The quantitative estimate of drug-likeness (QED) is 0.449. The van der Waals surface area contributed by atoms with Crippen molar-refractivity contribution in [3.8, 4) is 5.75 Å². The molecule has 26 heavy (non-hydrogen) atoms. The lowest BCUT2D eigenvalue weighted by atomic mass is 9.94. The maximum Gasteiger partial charge on any atom is 0.338 e. The molecule has 6 heteroatoms. The van der Waals surface area contributed by atoms with Crippen LogP contribution in [0.3, 0.4) is 0 Å². The van der Waals surface area contributed by atoms with Gasteiger partial charge in [0.15, 0.2) is 5.11 Å². The maximum absolute atomic E-state index is 12.7. The van der Waals surface area contributed by atoms with Crippen LogP contribution in [0.15, 0.2) is 48.2 Å². The zero-order valence-corrected chi connectivity index (χ0v) is 16.0. The van der Waals surface area contributed by atoms with Crippen molar-refractivity contribution in [2.75, 3.05) is 13.2 Å². The molecule has 1 saturated carbocycles. The molecule has 0 saturated heterocycles. The zero-order valence-electron chi connectivity index (χ0n) is 15.2. The summed E-state index contributed by atoms with van der Waals surface area (Å²) in [5, 5.41) is 3.98. The number of thiocarbonyl (C=S) groups is 1. The molecule has 1 fully saturated rings. The Balaban J connectivity index is 1.99. The van der Waals surface area contributed by atoms with Crippen LogP contribution in [0.4, 0.5) is 0 Å². The van der Waals surface area contributed by atoms with Gasteiger partial charge in [-0.1, -0.05) is 24.8 Å². The Kier molecular flexibility index (Phi) is 5.61. The van der Waals surface area contributed by atoms with Crippen LogP contribution in [0.2, 0.25) is 0 Å². The van der Waals surface area contributed by atoms with E-state index < -0.39 is 0 Å². The van der Waals surface area contributed by atoms with Crippen LogP contribution in [0.25, 0.3) is 0 Å². The molecule has 0 bridgehead atoms. The second-order valence-corrected chi connectivity index (χ2v) is 6.76. The molecule has 1 aromatic carbocycles. The molecule has 0 spiro atoms. The molecule has 3 rings (SSSR count). The maximum atomic E-state index is 12.7. The fraction of sp³-hybridized carbons (Fsp3) is 0.400. The van der Waals surface area contributed by atoms with Crippen molar-refractivity contribution in [1.29, 1.82) is 0 Å². The monoisotopic (exact) mass is 372 g/mol. The van der Waals surface area contributed by atoms with Crippen molar-refractivity contribution in [3.63, 3.8) is 0 Å². The lowest BCUT2D eigenvalue weighted by Crippen LogP contribution is -2.48. The lowest BCUT2D eigenvalue weighted by molar-refractivity contribution is -0.139. The number of esters is 1. The van der Waals surface area contributed by atoms with Gasteiger partial charge in [0.25, 0.3) is 0 Å². The minimum atomic E-state index is -0.358. The number of allylic oxidation sites excluding steroid dienone is 1. The van der Waals surface area contributed by atoms with Crippen molar-refractivity contribution < 1.29 is 14.3 Å². The third-order valence-electron chi connectivity index (χ3n) is 4.49. The molecule has 138 valence electrons. The van der Waals surface area contributed by atoms with Gasteiger partial charge >= 0.3 is 5.97 Å². The van der Waals surface area contributed by atoms with Crippen LogP contribution < -0.4 is 10.1 Å². The fourth-order valence-corrected chi connectivity index (χ4v) is 3.60. The first-order valence-electron chi connectivity index (χ1n) is 8.88. The van der Waals surface area contributed by atoms with Crippen molar-refractivity contribution in [2.24, 2.45) is 0 Å². The number of hydrogen-bond acceptors (Lipinski definition) is 4. The molecule has 5 nitrogen and oxygen atoms in total. The third kappa shape index (κ3) is 3.75. The lowest BCUT2D eigenvalue weighted by Gasteiger charge is -2.37. The molecule has 1 aliphatic heterocycles. The van der Waals surface area contributed by atoms with E-state index in [0.29, 0.717) is 29.9 Å². The van der Waals surface area contributed by atoms with Crippen LogP contribution in [0, 0.1) is 0 Å². The van der Waals surface area contributed by atoms with E-state index in [1.807, 2.05) is 38.1 Å². The average molecular weight is 372 g/mol. The SMILES string of the molecule is C=CCOc1cccc([C@H]2NC(=S)N(C3CC3)C(C)=C2C(=O)OCC)c1. The number of hydrogen-bond donors (Lipinski definition) is 1. The predicted octanol–water partition coefficient (Wildman–Crippen LogP) is 3.48. The summed E-state index contributed by atoms with van der Waals surface area (Å²) in [6.45, 7) is 8.18. The summed E-state index contributed by atoms with van der Waals surface area (Å²) in [5.41, 5.74) is 2.39. The van der Waals surface area contributed by atoms with Gasteiger partial charge in [-0.2, -0.15) is 0 Å². The highest BCUT2D eigenvalue weighted by atomic mass is 32.1. The van der Waals surface area contributed by atoms with Gasteiger partial charge in [-0.15, -0.1) is 0 Å². The smallest absolute Gasteiger partial charge is 0.338 e. The highest BCUT2D eigenvalue weighted by Gasteiger charge is 2.40. The molecule has 1 heterocycles. The van der Waals surface area contributed by atoms with E-state index in [-0.39, 0.29) is 12.0 Å². The second kappa shape index (κ2) is 7.91. The Morgan fingerprint density at radius 1 is 1.46 bits per heavy atom. The summed E-state index contributed by atoms with van der Waals surface area (Å²) in [4.78, 5) is 14.8. The zero-order chi connectivity index (χ0) is 18.7. The normalized spacial score (nSPS) is 19.8. The van der Waals surface area contributed by atoms with E-state index in [4.69, 9.17) is 21.7 Å². The van der Waals surface area contributed by atoms with Crippen LogP contribution in [0.1, 0.15) is 38.3 Å². The summed E-state index contributed by atoms with van der Waals surface area (Å²) >= 11 is 5.59. The average Bonchev–Trinajstić information content (AvgIpc) is 3.44. The van der Waals surface area contributed by atoms with Gasteiger partial charge in [0.2, 0.25) is 0 Å². The Labute approximate surface area is 159 Å².